The molecule has 0 atom stereocenters. The SMILES string of the molecule is Cc1cc(C)c(S(=O)(=O)NCC(=O)NCc2ccc(F)cc2)c(C)c1. The molecule has 0 saturated heterocycles. The smallest absolute Gasteiger partial charge is 0.241 e. The Morgan fingerprint density at radius 3 is 2.16 bits per heavy atom. The Hall–Kier alpha value is -2.25. The average molecular weight is 364 g/mol. The Balaban J connectivity index is 1.97. The van der Waals surface area contributed by atoms with Gasteiger partial charge in [0.25, 0.3) is 0 Å². The highest BCUT2D eigenvalue weighted by molar-refractivity contribution is 7.89. The molecular formula is C18H21FN2O3S. The maximum Gasteiger partial charge on any atom is 0.241 e. The number of amides is 1. The second kappa shape index (κ2) is 7.76. The van der Waals surface area contributed by atoms with Gasteiger partial charge in [-0.2, -0.15) is 0 Å². The normalized spacial score (nSPS) is 11.4. The van der Waals surface area contributed by atoms with Gasteiger partial charge < -0.3 is 5.32 Å². The molecule has 0 fully saturated rings. The van der Waals surface area contributed by atoms with E-state index in [4.69, 9.17) is 0 Å². The number of carbonyl (C=O) groups is 1. The van der Waals surface area contributed by atoms with Crippen molar-refractivity contribution in [1.82, 2.24) is 10.0 Å². The maximum absolute atomic E-state index is 12.8. The van der Waals surface area contributed by atoms with Crippen LogP contribution in [0.4, 0.5) is 4.39 Å². The van der Waals surface area contributed by atoms with E-state index in [1.165, 1.54) is 12.1 Å². The minimum atomic E-state index is -3.78. The molecule has 0 aliphatic heterocycles. The van der Waals surface area contributed by atoms with E-state index in [0.717, 1.165) is 11.1 Å². The summed E-state index contributed by atoms with van der Waals surface area (Å²) < 4.78 is 40.1. The first-order valence-electron chi connectivity index (χ1n) is 7.77. The first-order chi connectivity index (χ1) is 11.7. The van der Waals surface area contributed by atoms with Crippen molar-refractivity contribution >= 4 is 15.9 Å². The van der Waals surface area contributed by atoms with Gasteiger partial charge in [-0.3, -0.25) is 4.79 Å². The number of nitrogens with one attached hydrogen (secondary N) is 2. The summed E-state index contributed by atoms with van der Waals surface area (Å²) in [6, 6.07) is 9.28. The van der Waals surface area contributed by atoms with Crippen molar-refractivity contribution in [3.8, 4) is 0 Å². The first kappa shape index (κ1) is 19.1. The van der Waals surface area contributed by atoms with E-state index in [9.17, 15) is 17.6 Å². The van der Waals surface area contributed by atoms with Crippen molar-refractivity contribution < 1.29 is 17.6 Å². The summed E-state index contributed by atoms with van der Waals surface area (Å²) in [4.78, 5) is 12.1. The third-order valence-corrected chi connectivity index (χ3v) is 5.40. The van der Waals surface area contributed by atoms with Gasteiger partial charge in [-0.1, -0.05) is 29.8 Å². The Kier molecular flexibility index (Phi) is 5.92. The lowest BCUT2D eigenvalue weighted by Crippen LogP contribution is -2.37. The van der Waals surface area contributed by atoms with Crippen LogP contribution in [0.15, 0.2) is 41.3 Å². The largest absolute Gasteiger partial charge is 0.351 e. The van der Waals surface area contributed by atoms with Gasteiger partial charge >= 0.3 is 0 Å². The lowest BCUT2D eigenvalue weighted by Gasteiger charge is -2.13. The molecule has 0 aliphatic carbocycles. The number of benzene rings is 2. The predicted octanol–water partition coefficient (Wildman–Crippen LogP) is 2.35. The zero-order valence-electron chi connectivity index (χ0n) is 14.4. The van der Waals surface area contributed by atoms with E-state index in [1.54, 1.807) is 38.1 Å². The standard InChI is InChI=1S/C18H21FN2O3S/c1-12-8-13(2)18(14(3)9-12)25(23,24)21-11-17(22)20-10-15-4-6-16(19)7-5-15/h4-9,21H,10-11H2,1-3H3,(H,20,22). The molecule has 2 rings (SSSR count). The number of halogens is 1. The zero-order valence-corrected chi connectivity index (χ0v) is 15.2. The third kappa shape index (κ3) is 5.11. The molecule has 0 aliphatic rings. The fraction of sp³-hybridized carbons (Fsp3) is 0.278. The van der Waals surface area contributed by atoms with Gasteiger partial charge in [0.2, 0.25) is 15.9 Å². The molecule has 5 nitrogen and oxygen atoms in total. The van der Waals surface area contributed by atoms with Crippen molar-refractivity contribution in [2.75, 3.05) is 6.54 Å². The van der Waals surface area contributed by atoms with Crippen molar-refractivity contribution in [3.05, 3.63) is 64.5 Å². The van der Waals surface area contributed by atoms with Crippen LogP contribution >= 0.6 is 0 Å². The molecule has 2 aromatic rings. The molecular weight excluding hydrogens is 343 g/mol. The summed E-state index contributed by atoms with van der Waals surface area (Å²) in [5, 5.41) is 2.59. The topological polar surface area (TPSA) is 75.3 Å². The highest BCUT2D eigenvalue weighted by atomic mass is 32.2. The zero-order chi connectivity index (χ0) is 18.6. The lowest BCUT2D eigenvalue weighted by molar-refractivity contribution is -0.120. The summed E-state index contributed by atoms with van der Waals surface area (Å²) in [6.07, 6.45) is 0. The molecule has 0 radical (unpaired) electrons. The molecule has 0 heterocycles. The molecule has 25 heavy (non-hydrogen) atoms. The van der Waals surface area contributed by atoms with E-state index in [0.29, 0.717) is 11.1 Å². The molecule has 0 aromatic heterocycles. The number of hydrogen-bond donors (Lipinski definition) is 2. The van der Waals surface area contributed by atoms with Crippen LogP contribution in [0.5, 0.6) is 0 Å². The molecule has 2 N–H and O–H groups in total. The van der Waals surface area contributed by atoms with Gasteiger partial charge in [0, 0.05) is 6.54 Å². The second-order valence-electron chi connectivity index (χ2n) is 5.96. The van der Waals surface area contributed by atoms with Gasteiger partial charge in [0.05, 0.1) is 11.4 Å². The third-order valence-electron chi connectivity index (χ3n) is 3.70. The van der Waals surface area contributed by atoms with Gasteiger partial charge in [-0.05, 0) is 49.6 Å². The quantitative estimate of drug-likeness (QED) is 0.826. The Morgan fingerprint density at radius 2 is 1.60 bits per heavy atom. The number of hydrogen-bond acceptors (Lipinski definition) is 3. The van der Waals surface area contributed by atoms with Crippen LogP contribution in [0.1, 0.15) is 22.3 Å². The van der Waals surface area contributed by atoms with Crippen molar-refractivity contribution in [2.45, 2.75) is 32.2 Å². The van der Waals surface area contributed by atoms with E-state index in [1.807, 2.05) is 6.92 Å². The average Bonchev–Trinajstić information content (AvgIpc) is 2.51. The van der Waals surface area contributed by atoms with Crippen LogP contribution in [-0.4, -0.2) is 20.9 Å². The molecule has 134 valence electrons. The van der Waals surface area contributed by atoms with Crippen LogP contribution in [0.2, 0.25) is 0 Å². The molecule has 7 heteroatoms. The van der Waals surface area contributed by atoms with Crippen LogP contribution < -0.4 is 10.0 Å². The summed E-state index contributed by atoms with van der Waals surface area (Å²) in [5.74, 6) is -0.818. The highest BCUT2D eigenvalue weighted by Crippen LogP contribution is 2.21. The molecule has 0 saturated carbocycles. The number of aryl methyl sites for hydroxylation is 3. The summed E-state index contributed by atoms with van der Waals surface area (Å²) in [7, 11) is -3.78. The fourth-order valence-corrected chi connectivity index (χ4v) is 4.12. The molecule has 1 amide bonds. The van der Waals surface area contributed by atoms with E-state index >= 15 is 0 Å². The van der Waals surface area contributed by atoms with Crippen LogP contribution in [0.25, 0.3) is 0 Å². The Bertz CT molecular complexity index is 855. The van der Waals surface area contributed by atoms with E-state index < -0.39 is 15.9 Å². The van der Waals surface area contributed by atoms with Gasteiger partial charge in [-0.15, -0.1) is 0 Å². The van der Waals surface area contributed by atoms with Crippen molar-refractivity contribution in [2.24, 2.45) is 0 Å². The predicted molar refractivity (Wildman–Crippen MR) is 94.1 cm³/mol. The second-order valence-corrected chi connectivity index (χ2v) is 7.66. The van der Waals surface area contributed by atoms with Crippen LogP contribution in [-0.2, 0) is 21.4 Å². The number of rotatable bonds is 6. The van der Waals surface area contributed by atoms with Crippen LogP contribution in [0.3, 0.4) is 0 Å². The monoisotopic (exact) mass is 364 g/mol. The molecule has 0 spiro atoms. The number of carbonyl (C=O) groups excluding carboxylic acids is 1. The van der Waals surface area contributed by atoms with Crippen LogP contribution in [0, 0.1) is 26.6 Å². The highest BCUT2D eigenvalue weighted by Gasteiger charge is 2.20. The molecule has 2 aromatic carbocycles. The maximum atomic E-state index is 12.8. The summed E-state index contributed by atoms with van der Waals surface area (Å²) in [5.41, 5.74) is 2.97. The Labute approximate surface area is 147 Å². The Morgan fingerprint density at radius 1 is 1.04 bits per heavy atom. The van der Waals surface area contributed by atoms with Crippen molar-refractivity contribution in [1.29, 1.82) is 0 Å². The van der Waals surface area contributed by atoms with Crippen molar-refractivity contribution in [3.63, 3.8) is 0 Å². The van der Waals surface area contributed by atoms with E-state index in [2.05, 4.69) is 10.0 Å². The minimum Gasteiger partial charge on any atom is -0.351 e. The van der Waals surface area contributed by atoms with Gasteiger partial charge in [-0.25, -0.2) is 17.5 Å². The first-order valence-corrected chi connectivity index (χ1v) is 9.26. The molecule has 0 unspecified atom stereocenters. The summed E-state index contributed by atoms with van der Waals surface area (Å²) in [6.45, 7) is 5.18. The van der Waals surface area contributed by atoms with Gasteiger partial charge in [0.1, 0.15) is 5.82 Å². The minimum absolute atomic E-state index is 0.198. The van der Waals surface area contributed by atoms with E-state index in [-0.39, 0.29) is 23.8 Å². The lowest BCUT2D eigenvalue weighted by atomic mass is 10.1. The number of sulfonamides is 1. The summed E-state index contributed by atoms with van der Waals surface area (Å²) >= 11 is 0. The molecule has 0 bridgehead atoms. The van der Waals surface area contributed by atoms with Gasteiger partial charge in [0.15, 0.2) is 0 Å². The fourth-order valence-electron chi connectivity index (χ4n) is 2.69.